The molecule has 0 aromatic carbocycles. The van der Waals surface area contributed by atoms with Crippen LogP contribution >= 0.6 is 0 Å². The van der Waals surface area contributed by atoms with Gasteiger partial charge in [-0.3, -0.25) is 0 Å². The molecule has 1 heterocycles. The summed E-state index contributed by atoms with van der Waals surface area (Å²) in [6, 6.07) is 0. The minimum Gasteiger partial charge on any atom is -0.317 e. The first-order valence-corrected chi connectivity index (χ1v) is 7.78. The number of unbranched alkanes of at least 4 members (excludes halogenated alkanes) is 1. The number of nitrogens with one attached hydrogen (secondary N) is 2. The maximum absolute atomic E-state index is 3.67. The summed E-state index contributed by atoms with van der Waals surface area (Å²) in [5, 5.41) is 7.11. The van der Waals surface area contributed by atoms with Crippen LogP contribution in [0, 0.1) is 11.8 Å². The van der Waals surface area contributed by atoms with Gasteiger partial charge in [0.25, 0.3) is 0 Å². The SMILES string of the molecule is CCCCC(CC)CNCCC1CCNCC1. The van der Waals surface area contributed by atoms with Gasteiger partial charge in [0.05, 0.1) is 0 Å². The average Bonchev–Trinajstić information content (AvgIpc) is 2.39. The molecule has 0 bridgehead atoms. The second kappa shape index (κ2) is 9.90. The Morgan fingerprint density at radius 3 is 2.65 bits per heavy atom. The largest absolute Gasteiger partial charge is 0.317 e. The van der Waals surface area contributed by atoms with Crippen molar-refractivity contribution in [3.63, 3.8) is 0 Å². The summed E-state index contributed by atoms with van der Waals surface area (Å²) >= 11 is 0. The fourth-order valence-corrected chi connectivity index (χ4v) is 2.73. The Labute approximate surface area is 108 Å². The van der Waals surface area contributed by atoms with Crippen molar-refractivity contribution in [2.24, 2.45) is 11.8 Å². The molecule has 0 radical (unpaired) electrons. The Morgan fingerprint density at radius 2 is 2.00 bits per heavy atom. The van der Waals surface area contributed by atoms with E-state index in [-0.39, 0.29) is 0 Å². The lowest BCUT2D eigenvalue weighted by Crippen LogP contribution is -2.30. The van der Waals surface area contributed by atoms with Crippen molar-refractivity contribution < 1.29 is 0 Å². The van der Waals surface area contributed by atoms with Crippen molar-refractivity contribution in [3.05, 3.63) is 0 Å². The third kappa shape index (κ3) is 7.05. The molecule has 1 aliphatic heterocycles. The predicted octanol–water partition coefficient (Wildman–Crippen LogP) is 3.18. The van der Waals surface area contributed by atoms with E-state index in [0.29, 0.717) is 0 Å². The van der Waals surface area contributed by atoms with Gasteiger partial charge >= 0.3 is 0 Å². The Balaban J connectivity index is 1.97. The number of piperidine rings is 1. The van der Waals surface area contributed by atoms with Crippen LogP contribution in [0.25, 0.3) is 0 Å². The Bertz CT molecular complexity index is 164. The molecule has 102 valence electrons. The molecule has 0 amide bonds. The molecule has 0 saturated carbocycles. The van der Waals surface area contributed by atoms with Crippen molar-refractivity contribution in [1.29, 1.82) is 0 Å². The predicted molar refractivity (Wildman–Crippen MR) is 76.4 cm³/mol. The van der Waals surface area contributed by atoms with Gasteiger partial charge in [0.2, 0.25) is 0 Å². The van der Waals surface area contributed by atoms with Crippen molar-refractivity contribution >= 4 is 0 Å². The topological polar surface area (TPSA) is 24.1 Å². The fourth-order valence-electron chi connectivity index (χ4n) is 2.73. The van der Waals surface area contributed by atoms with Crippen LogP contribution in [0.1, 0.15) is 58.8 Å². The normalized spacial score (nSPS) is 19.4. The highest BCUT2D eigenvalue weighted by Gasteiger charge is 2.12. The van der Waals surface area contributed by atoms with Crippen LogP contribution in [0.15, 0.2) is 0 Å². The average molecular weight is 240 g/mol. The van der Waals surface area contributed by atoms with Crippen molar-refractivity contribution in [3.8, 4) is 0 Å². The third-order valence-electron chi connectivity index (χ3n) is 4.16. The lowest BCUT2D eigenvalue weighted by molar-refractivity contribution is 0.339. The van der Waals surface area contributed by atoms with Crippen LogP contribution in [0.2, 0.25) is 0 Å². The third-order valence-corrected chi connectivity index (χ3v) is 4.16. The Morgan fingerprint density at radius 1 is 1.24 bits per heavy atom. The minimum atomic E-state index is 0.906. The van der Waals surface area contributed by atoms with Gasteiger partial charge in [-0.2, -0.15) is 0 Å². The van der Waals surface area contributed by atoms with Crippen LogP contribution in [0.4, 0.5) is 0 Å². The molecule has 0 aromatic rings. The van der Waals surface area contributed by atoms with Crippen LogP contribution in [-0.2, 0) is 0 Å². The Hall–Kier alpha value is -0.0800. The lowest BCUT2D eigenvalue weighted by Gasteiger charge is -2.23. The van der Waals surface area contributed by atoms with Gasteiger partial charge in [0.15, 0.2) is 0 Å². The standard InChI is InChI=1S/C15H32N2/c1-3-5-6-14(4-2)13-17-12-9-15-7-10-16-11-8-15/h14-17H,3-13H2,1-2H3. The van der Waals surface area contributed by atoms with Gasteiger partial charge in [-0.05, 0) is 63.7 Å². The molecule has 0 aromatic heterocycles. The van der Waals surface area contributed by atoms with E-state index in [9.17, 15) is 0 Å². The molecule has 1 unspecified atom stereocenters. The van der Waals surface area contributed by atoms with Crippen LogP contribution < -0.4 is 10.6 Å². The maximum atomic E-state index is 3.67. The monoisotopic (exact) mass is 240 g/mol. The summed E-state index contributed by atoms with van der Waals surface area (Å²) < 4.78 is 0. The molecule has 1 fully saturated rings. The highest BCUT2D eigenvalue weighted by atomic mass is 14.9. The molecule has 1 saturated heterocycles. The second-order valence-electron chi connectivity index (χ2n) is 5.60. The molecular weight excluding hydrogens is 208 g/mol. The van der Waals surface area contributed by atoms with E-state index in [2.05, 4.69) is 24.5 Å². The Kier molecular flexibility index (Phi) is 8.72. The maximum Gasteiger partial charge on any atom is -0.00206 e. The van der Waals surface area contributed by atoms with E-state index in [4.69, 9.17) is 0 Å². The second-order valence-corrected chi connectivity index (χ2v) is 5.60. The van der Waals surface area contributed by atoms with Gasteiger partial charge < -0.3 is 10.6 Å². The van der Waals surface area contributed by atoms with Gasteiger partial charge in [0.1, 0.15) is 0 Å². The summed E-state index contributed by atoms with van der Waals surface area (Å²) in [5.41, 5.74) is 0. The smallest absolute Gasteiger partial charge is 0.00206 e. The minimum absolute atomic E-state index is 0.906. The molecular formula is C15H32N2. The highest BCUT2D eigenvalue weighted by Crippen LogP contribution is 2.15. The molecule has 1 atom stereocenters. The fraction of sp³-hybridized carbons (Fsp3) is 1.00. The first-order valence-electron chi connectivity index (χ1n) is 7.78. The van der Waals surface area contributed by atoms with Gasteiger partial charge in [0, 0.05) is 0 Å². The van der Waals surface area contributed by atoms with E-state index in [1.165, 1.54) is 71.1 Å². The summed E-state index contributed by atoms with van der Waals surface area (Å²) in [6.45, 7) is 9.55. The van der Waals surface area contributed by atoms with E-state index >= 15 is 0 Å². The summed E-state index contributed by atoms with van der Waals surface area (Å²) in [4.78, 5) is 0. The van der Waals surface area contributed by atoms with Crippen molar-refractivity contribution in [2.45, 2.75) is 58.8 Å². The van der Waals surface area contributed by atoms with Gasteiger partial charge in [-0.1, -0.05) is 33.1 Å². The van der Waals surface area contributed by atoms with E-state index in [0.717, 1.165) is 11.8 Å². The lowest BCUT2D eigenvalue weighted by atomic mass is 9.94. The highest BCUT2D eigenvalue weighted by molar-refractivity contribution is 4.70. The molecule has 0 spiro atoms. The first-order chi connectivity index (χ1) is 8.36. The van der Waals surface area contributed by atoms with E-state index in [1.807, 2.05) is 0 Å². The zero-order chi connectivity index (χ0) is 12.3. The van der Waals surface area contributed by atoms with Crippen LogP contribution in [0.5, 0.6) is 0 Å². The van der Waals surface area contributed by atoms with Crippen LogP contribution in [0.3, 0.4) is 0 Å². The first kappa shape index (κ1) is 15.0. The molecule has 2 nitrogen and oxygen atoms in total. The van der Waals surface area contributed by atoms with E-state index in [1.54, 1.807) is 0 Å². The zero-order valence-electron chi connectivity index (χ0n) is 11.9. The van der Waals surface area contributed by atoms with Gasteiger partial charge in [-0.25, -0.2) is 0 Å². The molecule has 17 heavy (non-hydrogen) atoms. The molecule has 1 aliphatic rings. The summed E-state index contributed by atoms with van der Waals surface area (Å²) in [6.07, 6.45) is 9.63. The molecule has 0 aliphatic carbocycles. The van der Waals surface area contributed by atoms with Crippen molar-refractivity contribution in [1.82, 2.24) is 10.6 Å². The number of hydrogen-bond acceptors (Lipinski definition) is 2. The number of hydrogen-bond donors (Lipinski definition) is 2. The van der Waals surface area contributed by atoms with E-state index < -0.39 is 0 Å². The quantitative estimate of drug-likeness (QED) is 0.605. The summed E-state index contributed by atoms with van der Waals surface area (Å²) in [5.74, 6) is 1.88. The molecule has 2 heteroatoms. The zero-order valence-corrected chi connectivity index (χ0v) is 11.9. The van der Waals surface area contributed by atoms with Gasteiger partial charge in [-0.15, -0.1) is 0 Å². The molecule has 2 N–H and O–H groups in total. The summed E-state index contributed by atoms with van der Waals surface area (Å²) in [7, 11) is 0. The van der Waals surface area contributed by atoms with Crippen LogP contribution in [-0.4, -0.2) is 26.2 Å². The van der Waals surface area contributed by atoms with Crippen molar-refractivity contribution in [2.75, 3.05) is 26.2 Å². The number of rotatable bonds is 9. The molecule has 1 rings (SSSR count).